The second kappa shape index (κ2) is 10.0. The van der Waals surface area contributed by atoms with Crippen LogP contribution in [0.4, 0.5) is 5.69 Å². The van der Waals surface area contributed by atoms with Crippen molar-refractivity contribution in [3.8, 4) is 5.75 Å². The van der Waals surface area contributed by atoms with Crippen LogP contribution in [-0.4, -0.2) is 36.7 Å². The lowest BCUT2D eigenvalue weighted by atomic mass is 10.1. The van der Waals surface area contributed by atoms with Crippen LogP contribution in [0.3, 0.4) is 0 Å². The van der Waals surface area contributed by atoms with Gasteiger partial charge < -0.3 is 10.1 Å². The van der Waals surface area contributed by atoms with Gasteiger partial charge in [0.05, 0.1) is 21.2 Å². The highest BCUT2D eigenvalue weighted by Gasteiger charge is 2.26. The molecule has 0 aliphatic carbocycles. The first kappa shape index (κ1) is 23.4. The summed E-state index contributed by atoms with van der Waals surface area (Å²) in [4.78, 5) is 17.7. The Morgan fingerprint density at radius 2 is 1.88 bits per heavy atom. The van der Waals surface area contributed by atoms with E-state index in [0.717, 1.165) is 35.5 Å². The first-order valence-electron chi connectivity index (χ1n) is 10.9. The molecule has 1 N–H and O–H groups in total. The molecule has 2 aromatic carbocycles. The molecular weight excluding hydrogens is 458 g/mol. The van der Waals surface area contributed by atoms with Crippen LogP contribution in [0.5, 0.6) is 5.75 Å². The Morgan fingerprint density at radius 1 is 1.12 bits per heavy atom. The van der Waals surface area contributed by atoms with Crippen molar-refractivity contribution in [1.29, 1.82) is 0 Å². The van der Waals surface area contributed by atoms with Gasteiger partial charge in [0.1, 0.15) is 12.4 Å². The van der Waals surface area contributed by atoms with E-state index in [1.165, 1.54) is 4.31 Å². The molecule has 9 heteroatoms. The molecule has 0 bridgehead atoms. The van der Waals surface area contributed by atoms with Crippen LogP contribution < -0.4 is 10.1 Å². The lowest BCUT2D eigenvalue weighted by Gasteiger charge is -2.26. The molecule has 3 aromatic rings. The minimum atomic E-state index is -3.60. The lowest BCUT2D eigenvalue weighted by Crippen LogP contribution is -2.35. The number of nitrogens with zero attached hydrogens (tertiary/aromatic N) is 2. The van der Waals surface area contributed by atoms with E-state index in [2.05, 4.69) is 10.3 Å². The van der Waals surface area contributed by atoms with Crippen molar-refractivity contribution in [2.45, 2.75) is 44.6 Å². The van der Waals surface area contributed by atoms with E-state index in [9.17, 15) is 13.2 Å². The predicted molar refractivity (Wildman–Crippen MR) is 129 cm³/mol. The maximum absolute atomic E-state index is 13.1. The molecule has 4 rings (SSSR count). The number of anilines is 1. The van der Waals surface area contributed by atoms with Gasteiger partial charge in [0, 0.05) is 24.2 Å². The SMILES string of the molecule is Cc1nc(COc2ccccc2C(=O)Nc2cc(S(=O)(=O)N3CCCCC3)ccc2C)cs1. The fourth-order valence-electron chi connectivity index (χ4n) is 3.75. The molecule has 0 unspecified atom stereocenters. The molecule has 1 aliphatic rings. The Balaban J connectivity index is 1.53. The average Bonchev–Trinajstić information content (AvgIpc) is 3.24. The molecule has 1 saturated heterocycles. The van der Waals surface area contributed by atoms with Crippen LogP contribution in [0.15, 0.2) is 52.7 Å². The standard InChI is InChI=1S/C24H27N3O4S2/c1-17-10-11-20(33(29,30)27-12-6-3-7-13-27)14-22(17)26-24(28)21-8-4-5-9-23(21)31-15-19-16-32-18(2)25-19/h4-5,8-11,14,16H,3,6-7,12-13,15H2,1-2H3,(H,26,28). The largest absolute Gasteiger partial charge is 0.486 e. The Hall–Kier alpha value is -2.75. The first-order valence-corrected chi connectivity index (χ1v) is 13.2. The maximum atomic E-state index is 13.1. The Labute approximate surface area is 198 Å². The molecule has 1 aliphatic heterocycles. The monoisotopic (exact) mass is 485 g/mol. The number of sulfonamides is 1. The quantitative estimate of drug-likeness (QED) is 0.521. The number of ether oxygens (including phenoxy) is 1. The minimum Gasteiger partial charge on any atom is -0.486 e. The van der Waals surface area contributed by atoms with Gasteiger partial charge in [-0.3, -0.25) is 4.79 Å². The third-order valence-corrected chi connectivity index (χ3v) is 8.30. The number of thiazole rings is 1. The van der Waals surface area contributed by atoms with Crippen LogP contribution in [0, 0.1) is 13.8 Å². The van der Waals surface area contributed by atoms with Crippen LogP contribution >= 0.6 is 11.3 Å². The molecule has 174 valence electrons. The third kappa shape index (κ3) is 5.43. The molecule has 1 aromatic heterocycles. The van der Waals surface area contributed by atoms with Gasteiger partial charge in [-0.1, -0.05) is 24.6 Å². The van der Waals surface area contributed by atoms with Gasteiger partial charge >= 0.3 is 0 Å². The fourth-order valence-corrected chi connectivity index (χ4v) is 5.89. The molecule has 0 radical (unpaired) electrons. The summed E-state index contributed by atoms with van der Waals surface area (Å²) in [5.74, 6) is 0.0751. The predicted octanol–water partition coefficient (Wildman–Crippen LogP) is 4.77. The van der Waals surface area contributed by atoms with Crippen LogP contribution in [0.2, 0.25) is 0 Å². The number of hydrogen-bond donors (Lipinski definition) is 1. The number of aromatic nitrogens is 1. The Morgan fingerprint density at radius 3 is 2.61 bits per heavy atom. The van der Waals surface area contributed by atoms with E-state index in [0.29, 0.717) is 30.1 Å². The zero-order chi connectivity index (χ0) is 23.4. The number of para-hydroxylation sites is 1. The number of hydrogen-bond acceptors (Lipinski definition) is 6. The van der Waals surface area contributed by atoms with E-state index in [4.69, 9.17) is 4.74 Å². The summed E-state index contributed by atoms with van der Waals surface area (Å²) < 4.78 is 33.5. The molecule has 33 heavy (non-hydrogen) atoms. The van der Waals surface area contributed by atoms with Crippen molar-refractivity contribution in [1.82, 2.24) is 9.29 Å². The smallest absolute Gasteiger partial charge is 0.259 e. The summed E-state index contributed by atoms with van der Waals surface area (Å²) in [6.07, 6.45) is 2.78. The number of carbonyl (C=O) groups excluding carboxylic acids is 1. The van der Waals surface area contributed by atoms with Crippen molar-refractivity contribution in [3.05, 3.63) is 69.7 Å². The highest BCUT2D eigenvalue weighted by atomic mass is 32.2. The van der Waals surface area contributed by atoms with Gasteiger partial charge in [-0.05, 0) is 56.5 Å². The lowest BCUT2D eigenvalue weighted by molar-refractivity contribution is 0.102. The minimum absolute atomic E-state index is 0.189. The summed E-state index contributed by atoms with van der Waals surface area (Å²) in [7, 11) is -3.60. The Bertz CT molecular complexity index is 1250. The summed E-state index contributed by atoms with van der Waals surface area (Å²) in [6, 6.07) is 11.8. The first-order chi connectivity index (χ1) is 15.8. The highest BCUT2D eigenvalue weighted by molar-refractivity contribution is 7.89. The average molecular weight is 486 g/mol. The number of amides is 1. The molecule has 1 amide bonds. The fraction of sp³-hybridized carbons (Fsp3) is 0.333. The van der Waals surface area contributed by atoms with Crippen molar-refractivity contribution >= 4 is 33.0 Å². The normalized spacial score (nSPS) is 14.7. The third-order valence-electron chi connectivity index (χ3n) is 5.58. The molecular formula is C24H27N3O4S2. The molecule has 2 heterocycles. The molecule has 7 nitrogen and oxygen atoms in total. The number of nitrogens with one attached hydrogen (secondary N) is 1. The van der Waals surface area contributed by atoms with Gasteiger partial charge in [0.25, 0.3) is 5.91 Å². The molecule has 0 spiro atoms. The van der Waals surface area contributed by atoms with E-state index in [1.54, 1.807) is 53.8 Å². The summed E-state index contributed by atoms with van der Waals surface area (Å²) in [5, 5.41) is 5.75. The molecule has 1 fully saturated rings. The second-order valence-electron chi connectivity index (χ2n) is 8.04. The van der Waals surface area contributed by atoms with Crippen molar-refractivity contribution in [3.63, 3.8) is 0 Å². The van der Waals surface area contributed by atoms with Crippen LogP contribution in [0.25, 0.3) is 0 Å². The van der Waals surface area contributed by atoms with Gasteiger partial charge in [0.2, 0.25) is 10.0 Å². The van der Waals surface area contributed by atoms with E-state index >= 15 is 0 Å². The molecule has 0 saturated carbocycles. The number of rotatable bonds is 7. The van der Waals surface area contributed by atoms with Gasteiger partial charge in [-0.25, -0.2) is 13.4 Å². The van der Waals surface area contributed by atoms with E-state index < -0.39 is 10.0 Å². The Kier molecular flexibility index (Phi) is 7.11. The summed E-state index contributed by atoms with van der Waals surface area (Å²) in [6.45, 7) is 5.08. The topological polar surface area (TPSA) is 88.6 Å². The number of carbonyl (C=O) groups is 1. The summed E-state index contributed by atoms with van der Waals surface area (Å²) in [5.41, 5.74) is 2.41. The summed E-state index contributed by atoms with van der Waals surface area (Å²) >= 11 is 1.54. The zero-order valence-electron chi connectivity index (χ0n) is 18.7. The van der Waals surface area contributed by atoms with Crippen molar-refractivity contribution in [2.75, 3.05) is 18.4 Å². The van der Waals surface area contributed by atoms with Gasteiger partial charge in [-0.2, -0.15) is 4.31 Å². The van der Waals surface area contributed by atoms with E-state index in [1.807, 2.05) is 19.2 Å². The van der Waals surface area contributed by atoms with Gasteiger partial charge in [0.15, 0.2) is 0 Å². The second-order valence-corrected chi connectivity index (χ2v) is 11.0. The highest BCUT2D eigenvalue weighted by Crippen LogP contribution is 2.27. The zero-order valence-corrected chi connectivity index (χ0v) is 20.3. The van der Waals surface area contributed by atoms with Crippen molar-refractivity contribution in [2.24, 2.45) is 0 Å². The van der Waals surface area contributed by atoms with Crippen LogP contribution in [-0.2, 0) is 16.6 Å². The number of aryl methyl sites for hydroxylation is 2. The van der Waals surface area contributed by atoms with Crippen LogP contribution in [0.1, 0.15) is 45.9 Å². The number of piperidine rings is 1. The molecule has 0 atom stereocenters. The maximum Gasteiger partial charge on any atom is 0.259 e. The van der Waals surface area contributed by atoms with Gasteiger partial charge in [-0.15, -0.1) is 11.3 Å². The van der Waals surface area contributed by atoms with E-state index in [-0.39, 0.29) is 17.4 Å². The number of benzene rings is 2. The van der Waals surface area contributed by atoms with Crippen molar-refractivity contribution < 1.29 is 17.9 Å².